The third-order valence-electron chi connectivity index (χ3n) is 5.32. The Balaban J connectivity index is 1.44. The van der Waals surface area contributed by atoms with Crippen molar-refractivity contribution in [2.75, 3.05) is 11.9 Å². The van der Waals surface area contributed by atoms with E-state index in [9.17, 15) is 9.59 Å². The van der Waals surface area contributed by atoms with Crippen molar-refractivity contribution in [1.29, 1.82) is 0 Å². The Labute approximate surface area is 150 Å². The van der Waals surface area contributed by atoms with Crippen LogP contribution in [0.15, 0.2) is 29.8 Å². The first-order valence-corrected chi connectivity index (χ1v) is 9.39. The lowest BCUT2D eigenvalue weighted by Crippen LogP contribution is -2.28. The van der Waals surface area contributed by atoms with Crippen molar-refractivity contribution in [2.45, 2.75) is 52.4 Å². The van der Waals surface area contributed by atoms with Crippen molar-refractivity contribution in [1.82, 2.24) is 5.32 Å². The van der Waals surface area contributed by atoms with Crippen LogP contribution >= 0.6 is 0 Å². The van der Waals surface area contributed by atoms with Gasteiger partial charge in [0.15, 0.2) is 0 Å². The summed E-state index contributed by atoms with van der Waals surface area (Å²) in [5.41, 5.74) is 4.45. The molecule has 0 aromatic heterocycles. The number of aryl methyl sites for hydroxylation is 2. The summed E-state index contributed by atoms with van der Waals surface area (Å²) in [5.74, 6) is -0.358. The summed E-state index contributed by atoms with van der Waals surface area (Å²) < 4.78 is 0. The monoisotopic (exact) mass is 340 g/mol. The van der Waals surface area contributed by atoms with Gasteiger partial charge in [-0.15, -0.1) is 0 Å². The molecule has 0 saturated heterocycles. The summed E-state index contributed by atoms with van der Waals surface area (Å²) in [6.45, 7) is 4.66. The summed E-state index contributed by atoms with van der Waals surface area (Å²) in [5, 5.41) is 6.01. The molecule has 2 aliphatic rings. The molecule has 4 nitrogen and oxygen atoms in total. The van der Waals surface area contributed by atoms with Gasteiger partial charge in [0.25, 0.3) is 0 Å². The molecule has 2 unspecified atom stereocenters. The second kappa shape index (κ2) is 7.85. The minimum atomic E-state index is -0.187. The van der Waals surface area contributed by atoms with Crippen LogP contribution in [0.5, 0.6) is 0 Å². The van der Waals surface area contributed by atoms with Gasteiger partial charge in [-0.3, -0.25) is 9.59 Å². The molecule has 2 aliphatic carbocycles. The first-order chi connectivity index (χ1) is 12.1. The number of para-hydroxylation sites is 1. The van der Waals surface area contributed by atoms with Gasteiger partial charge in [0.2, 0.25) is 11.8 Å². The van der Waals surface area contributed by atoms with Gasteiger partial charge in [0.1, 0.15) is 0 Å². The average molecular weight is 340 g/mol. The number of carbonyl (C=O) groups is 2. The fourth-order valence-corrected chi connectivity index (χ4v) is 3.61. The van der Waals surface area contributed by atoms with Gasteiger partial charge in [-0.2, -0.15) is 0 Å². The van der Waals surface area contributed by atoms with Gasteiger partial charge < -0.3 is 10.6 Å². The first-order valence-electron chi connectivity index (χ1n) is 9.39. The van der Waals surface area contributed by atoms with Crippen LogP contribution in [0.4, 0.5) is 5.69 Å². The summed E-state index contributed by atoms with van der Waals surface area (Å²) >= 11 is 0. The number of hydrogen-bond acceptors (Lipinski definition) is 2. The molecular formula is C21H28N2O2. The topological polar surface area (TPSA) is 58.2 Å². The molecule has 134 valence electrons. The highest BCUT2D eigenvalue weighted by Gasteiger charge is 2.48. The van der Waals surface area contributed by atoms with Crippen molar-refractivity contribution in [3.8, 4) is 0 Å². The van der Waals surface area contributed by atoms with E-state index in [-0.39, 0.29) is 23.7 Å². The molecule has 1 fully saturated rings. The van der Waals surface area contributed by atoms with E-state index in [1.807, 2.05) is 32.0 Å². The lowest BCUT2D eigenvalue weighted by Gasteiger charge is -2.13. The molecule has 25 heavy (non-hydrogen) atoms. The molecule has 2 N–H and O–H groups in total. The third kappa shape index (κ3) is 4.50. The number of nitrogens with one attached hydrogen (secondary N) is 2. The Hall–Kier alpha value is -2.10. The molecule has 3 rings (SSSR count). The Kier molecular flexibility index (Phi) is 5.57. The summed E-state index contributed by atoms with van der Waals surface area (Å²) in [4.78, 5) is 24.7. The van der Waals surface area contributed by atoms with E-state index >= 15 is 0 Å². The van der Waals surface area contributed by atoms with Crippen LogP contribution in [0.3, 0.4) is 0 Å². The van der Waals surface area contributed by atoms with E-state index in [0.717, 1.165) is 23.2 Å². The van der Waals surface area contributed by atoms with E-state index in [1.165, 1.54) is 31.3 Å². The number of carbonyl (C=O) groups excluding carboxylic acids is 2. The lowest BCUT2D eigenvalue weighted by molar-refractivity contribution is -0.125. The number of rotatable bonds is 6. The largest absolute Gasteiger partial charge is 0.356 e. The Morgan fingerprint density at radius 3 is 2.48 bits per heavy atom. The fraction of sp³-hybridized carbons (Fsp3) is 0.524. The predicted octanol–water partition coefficient (Wildman–Crippen LogP) is 3.88. The van der Waals surface area contributed by atoms with Gasteiger partial charge in [0.05, 0.1) is 11.8 Å². The molecule has 0 radical (unpaired) electrons. The van der Waals surface area contributed by atoms with Crippen molar-refractivity contribution < 1.29 is 9.59 Å². The van der Waals surface area contributed by atoms with Crippen LogP contribution < -0.4 is 10.6 Å². The Bertz CT molecular complexity index is 673. The van der Waals surface area contributed by atoms with Crippen molar-refractivity contribution in [3.05, 3.63) is 41.0 Å². The summed E-state index contributed by atoms with van der Waals surface area (Å²) in [6, 6.07) is 5.95. The highest BCUT2D eigenvalue weighted by atomic mass is 16.2. The molecule has 2 atom stereocenters. The van der Waals surface area contributed by atoms with Crippen molar-refractivity contribution >= 4 is 17.5 Å². The Morgan fingerprint density at radius 2 is 1.80 bits per heavy atom. The molecule has 0 spiro atoms. The van der Waals surface area contributed by atoms with Gasteiger partial charge in [-0.05, 0) is 63.5 Å². The van der Waals surface area contributed by atoms with Gasteiger partial charge in [-0.25, -0.2) is 0 Å². The summed E-state index contributed by atoms with van der Waals surface area (Å²) in [7, 11) is 0. The van der Waals surface area contributed by atoms with Crippen molar-refractivity contribution in [3.63, 3.8) is 0 Å². The second-order valence-electron chi connectivity index (χ2n) is 7.35. The molecule has 0 aliphatic heterocycles. The average Bonchev–Trinajstić information content (AvgIpc) is 3.40. The molecule has 2 amide bonds. The van der Waals surface area contributed by atoms with E-state index < -0.39 is 0 Å². The van der Waals surface area contributed by atoms with Gasteiger partial charge >= 0.3 is 0 Å². The minimum absolute atomic E-state index is 0.0260. The summed E-state index contributed by atoms with van der Waals surface area (Å²) in [6.07, 6.45) is 8.81. The van der Waals surface area contributed by atoms with Crippen LogP contribution in [-0.4, -0.2) is 18.4 Å². The number of benzene rings is 1. The van der Waals surface area contributed by atoms with Crippen LogP contribution in [0.2, 0.25) is 0 Å². The highest BCUT2D eigenvalue weighted by Crippen LogP contribution is 2.40. The van der Waals surface area contributed by atoms with E-state index in [0.29, 0.717) is 13.0 Å². The first kappa shape index (κ1) is 17.7. The number of anilines is 1. The molecule has 1 saturated carbocycles. The lowest BCUT2D eigenvalue weighted by atomic mass is 9.97. The molecule has 0 bridgehead atoms. The highest BCUT2D eigenvalue weighted by molar-refractivity contribution is 6.00. The van der Waals surface area contributed by atoms with Crippen LogP contribution in [0.25, 0.3) is 0 Å². The third-order valence-corrected chi connectivity index (χ3v) is 5.32. The van der Waals surface area contributed by atoms with E-state index in [4.69, 9.17) is 0 Å². The Morgan fingerprint density at radius 1 is 1.08 bits per heavy atom. The number of allylic oxidation sites excluding steroid dienone is 1. The molecule has 4 heteroatoms. The normalized spacial score (nSPS) is 22.1. The van der Waals surface area contributed by atoms with Crippen LogP contribution in [0.1, 0.15) is 49.7 Å². The fourth-order valence-electron chi connectivity index (χ4n) is 3.61. The minimum Gasteiger partial charge on any atom is -0.356 e. The maximum Gasteiger partial charge on any atom is 0.228 e. The zero-order valence-corrected chi connectivity index (χ0v) is 15.2. The number of hydrogen-bond donors (Lipinski definition) is 2. The standard InChI is InChI=1S/C21H28N2O2/c1-14-7-6-8-15(2)19(14)23-21(25)18-13-17(18)20(24)22-12-11-16-9-4-3-5-10-16/h6-9,17-18H,3-5,10-13H2,1-2H3,(H,22,24)(H,23,25). The zero-order valence-electron chi connectivity index (χ0n) is 15.2. The smallest absolute Gasteiger partial charge is 0.228 e. The predicted molar refractivity (Wildman–Crippen MR) is 100 cm³/mol. The zero-order chi connectivity index (χ0) is 17.8. The SMILES string of the molecule is Cc1cccc(C)c1NC(=O)C1CC1C(=O)NCCC1=CCCCC1. The molecular weight excluding hydrogens is 312 g/mol. The number of amides is 2. The molecule has 0 heterocycles. The van der Waals surface area contributed by atoms with Crippen LogP contribution in [0, 0.1) is 25.7 Å². The van der Waals surface area contributed by atoms with Gasteiger partial charge in [-0.1, -0.05) is 29.8 Å². The van der Waals surface area contributed by atoms with Gasteiger partial charge in [0, 0.05) is 12.2 Å². The second-order valence-corrected chi connectivity index (χ2v) is 7.35. The van der Waals surface area contributed by atoms with E-state index in [1.54, 1.807) is 0 Å². The van der Waals surface area contributed by atoms with Crippen molar-refractivity contribution in [2.24, 2.45) is 11.8 Å². The maximum absolute atomic E-state index is 12.4. The maximum atomic E-state index is 12.4. The quantitative estimate of drug-likeness (QED) is 0.772. The van der Waals surface area contributed by atoms with E-state index in [2.05, 4.69) is 16.7 Å². The molecule has 1 aromatic carbocycles. The molecule has 1 aromatic rings. The van der Waals surface area contributed by atoms with Crippen LogP contribution in [-0.2, 0) is 9.59 Å².